The van der Waals surface area contributed by atoms with E-state index >= 15 is 0 Å². The number of hydrogen-bond donors (Lipinski definition) is 2. The monoisotopic (exact) mass is 678 g/mol. The molecule has 5 aromatic rings. The van der Waals surface area contributed by atoms with Crippen molar-refractivity contribution in [1.29, 1.82) is 0 Å². The van der Waals surface area contributed by atoms with Crippen molar-refractivity contribution in [3.63, 3.8) is 0 Å². The maximum Gasteiger partial charge on any atom is 0.257 e. The number of rotatable bonds is 13. The van der Waals surface area contributed by atoms with Crippen molar-refractivity contribution < 1.29 is 32.9 Å². The largest absolute Gasteiger partial charge is 0.493 e. The molecule has 4 aromatic carbocycles. The number of aromatic nitrogens is 1. The van der Waals surface area contributed by atoms with Crippen LogP contribution in [-0.2, 0) is 19.4 Å². The first-order chi connectivity index (χ1) is 24.4. The van der Waals surface area contributed by atoms with E-state index in [0.29, 0.717) is 34.2 Å². The third-order valence-corrected chi connectivity index (χ3v) is 8.71. The van der Waals surface area contributed by atoms with E-state index in [1.807, 2.05) is 60.7 Å². The molecule has 2 heterocycles. The Hall–Kier alpha value is -5.68. The number of pyridine rings is 1. The molecule has 0 unspecified atom stereocenters. The molecule has 11 heteroatoms. The van der Waals surface area contributed by atoms with E-state index in [-0.39, 0.29) is 17.9 Å². The zero-order valence-corrected chi connectivity index (χ0v) is 28.3. The first-order valence-electron chi connectivity index (χ1n) is 16.3. The third-order valence-electron chi connectivity index (χ3n) is 8.71. The van der Waals surface area contributed by atoms with Gasteiger partial charge >= 0.3 is 0 Å². The number of para-hydroxylation sites is 1. The van der Waals surface area contributed by atoms with Gasteiger partial charge in [0.1, 0.15) is 13.3 Å². The van der Waals surface area contributed by atoms with Crippen molar-refractivity contribution in [1.82, 2.24) is 9.88 Å². The molecule has 50 heavy (non-hydrogen) atoms. The minimum Gasteiger partial charge on any atom is -0.493 e. The molecular weight excluding hydrogens is 639 g/mol. The van der Waals surface area contributed by atoms with Gasteiger partial charge in [0.15, 0.2) is 23.0 Å². The molecule has 0 radical (unpaired) electrons. The molecule has 0 saturated carbocycles. The molecule has 0 atom stereocenters. The van der Waals surface area contributed by atoms with E-state index in [9.17, 15) is 14.0 Å². The summed E-state index contributed by atoms with van der Waals surface area (Å²) >= 11 is 0. The minimum absolute atomic E-state index is 0.00861. The molecule has 0 aliphatic carbocycles. The van der Waals surface area contributed by atoms with Crippen LogP contribution in [0.3, 0.4) is 0 Å². The van der Waals surface area contributed by atoms with E-state index in [2.05, 4.69) is 20.5 Å². The van der Waals surface area contributed by atoms with Crippen LogP contribution in [0.2, 0.25) is 0 Å². The number of alkyl halides is 1. The summed E-state index contributed by atoms with van der Waals surface area (Å²) < 4.78 is 34.7. The lowest BCUT2D eigenvalue weighted by molar-refractivity contribution is 0.102. The molecule has 1 aliphatic rings. The Bertz CT molecular complexity index is 2000. The summed E-state index contributed by atoms with van der Waals surface area (Å²) in [6.07, 6.45) is 3.21. The summed E-state index contributed by atoms with van der Waals surface area (Å²) in [7, 11) is 4.56. The topological polar surface area (TPSA) is 111 Å². The van der Waals surface area contributed by atoms with E-state index < -0.39 is 18.5 Å². The zero-order valence-electron chi connectivity index (χ0n) is 28.3. The second-order valence-electron chi connectivity index (χ2n) is 11.9. The predicted octanol–water partition coefficient (Wildman–Crippen LogP) is 6.71. The second kappa shape index (κ2) is 15.7. The summed E-state index contributed by atoms with van der Waals surface area (Å²) in [5, 5.41) is 6.62. The number of ether oxygens (including phenoxy) is 4. The highest BCUT2D eigenvalue weighted by molar-refractivity contribution is 6.13. The number of methoxy groups -OCH3 is 3. The van der Waals surface area contributed by atoms with Crippen molar-refractivity contribution in [3.8, 4) is 23.0 Å². The molecule has 0 bridgehead atoms. The van der Waals surface area contributed by atoms with Gasteiger partial charge < -0.3 is 29.6 Å². The Balaban J connectivity index is 1.11. The first-order valence-corrected chi connectivity index (χ1v) is 16.3. The van der Waals surface area contributed by atoms with Gasteiger partial charge in [0.05, 0.1) is 43.7 Å². The third kappa shape index (κ3) is 7.79. The molecule has 10 nitrogen and oxygen atoms in total. The van der Waals surface area contributed by atoms with Crippen LogP contribution in [0.15, 0.2) is 85.1 Å². The highest BCUT2D eigenvalue weighted by atomic mass is 19.1. The maximum atomic E-state index is 13.6. The summed E-state index contributed by atoms with van der Waals surface area (Å²) in [6, 6.07) is 24.0. The second-order valence-corrected chi connectivity index (χ2v) is 11.9. The summed E-state index contributed by atoms with van der Waals surface area (Å²) in [5.74, 6) is 1.06. The summed E-state index contributed by atoms with van der Waals surface area (Å²) in [4.78, 5) is 33.7. The van der Waals surface area contributed by atoms with E-state index in [1.54, 1.807) is 25.3 Å². The fraction of sp³-hybridized carbons (Fsp3) is 0.256. The highest BCUT2D eigenvalue weighted by Crippen LogP contribution is 2.35. The Kier molecular flexibility index (Phi) is 10.7. The minimum atomic E-state index is -0.560. The lowest BCUT2D eigenvalue weighted by Crippen LogP contribution is -2.32. The fourth-order valence-electron chi connectivity index (χ4n) is 6.03. The number of fused-ring (bicyclic) bond motifs is 2. The van der Waals surface area contributed by atoms with Crippen LogP contribution in [0.5, 0.6) is 23.0 Å². The van der Waals surface area contributed by atoms with Crippen LogP contribution in [0, 0.1) is 0 Å². The van der Waals surface area contributed by atoms with Crippen LogP contribution in [0.4, 0.5) is 15.8 Å². The van der Waals surface area contributed by atoms with Crippen molar-refractivity contribution in [2.45, 2.75) is 19.4 Å². The van der Waals surface area contributed by atoms with E-state index in [4.69, 9.17) is 18.9 Å². The standard InChI is InChI=1S/C39H39FN4O6/c1-47-34-19-26-13-16-44(24-29(26)20-37(34)50-17-14-40)15-12-25-8-10-30(11-9-25)42-39(46)31-21-35(48-2)36(49-3)22-33(31)43-38(45)28-18-27-6-4-5-7-32(27)41-23-28/h4-11,18-23H,12-17,24H2,1-3H3,(H,42,46)(H,43,45). The zero-order chi connectivity index (χ0) is 35.0. The quantitative estimate of drug-likeness (QED) is 0.141. The van der Waals surface area contributed by atoms with Crippen LogP contribution in [-0.4, -0.2) is 69.4 Å². The molecular formula is C39H39FN4O6. The Morgan fingerprint density at radius 3 is 2.30 bits per heavy atom. The summed E-state index contributed by atoms with van der Waals surface area (Å²) in [6.45, 7) is 1.96. The van der Waals surface area contributed by atoms with Gasteiger partial charge in [0.25, 0.3) is 11.8 Å². The average molecular weight is 679 g/mol. The molecule has 0 fully saturated rings. The number of nitrogens with zero attached hydrogens (tertiary/aromatic N) is 2. The number of carbonyl (C=O) groups excluding carboxylic acids is 2. The number of carbonyl (C=O) groups is 2. The lowest BCUT2D eigenvalue weighted by atomic mass is 9.98. The molecule has 6 rings (SSSR count). The van der Waals surface area contributed by atoms with Gasteiger partial charge in [-0.15, -0.1) is 0 Å². The molecule has 0 saturated heterocycles. The van der Waals surface area contributed by atoms with Gasteiger partial charge in [-0.25, -0.2) is 4.39 Å². The number of halogens is 1. The van der Waals surface area contributed by atoms with Gasteiger partial charge in [-0.2, -0.15) is 0 Å². The SMILES string of the molecule is COc1cc(NC(=O)c2cnc3ccccc3c2)c(C(=O)Nc2ccc(CCN3CCc4cc(OC)c(OCCF)cc4C3)cc2)cc1OC. The highest BCUT2D eigenvalue weighted by Gasteiger charge is 2.22. The number of hydrogen-bond acceptors (Lipinski definition) is 8. The van der Waals surface area contributed by atoms with Crippen molar-refractivity contribution in [2.24, 2.45) is 0 Å². The molecule has 0 spiro atoms. The molecule has 2 amide bonds. The lowest BCUT2D eigenvalue weighted by Gasteiger charge is -2.29. The van der Waals surface area contributed by atoms with Crippen molar-refractivity contribution in [3.05, 3.63) is 113 Å². The van der Waals surface area contributed by atoms with E-state index in [0.717, 1.165) is 54.5 Å². The molecule has 1 aliphatic heterocycles. The number of nitrogens with one attached hydrogen (secondary N) is 2. The summed E-state index contributed by atoms with van der Waals surface area (Å²) in [5.41, 5.74) is 5.69. The van der Waals surface area contributed by atoms with Crippen LogP contribution >= 0.6 is 0 Å². The van der Waals surface area contributed by atoms with Gasteiger partial charge in [-0.1, -0.05) is 30.3 Å². The van der Waals surface area contributed by atoms with Crippen LogP contribution < -0.4 is 29.6 Å². The smallest absolute Gasteiger partial charge is 0.257 e. The Morgan fingerprint density at radius 2 is 1.54 bits per heavy atom. The number of benzene rings is 4. The Morgan fingerprint density at radius 1 is 0.820 bits per heavy atom. The normalized spacial score (nSPS) is 12.6. The number of amides is 2. The van der Waals surface area contributed by atoms with Gasteiger partial charge in [-0.05, 0) is 72.0 Å². The first kappa shape index (κ1) is 34.2. The van der Waals surface area contributed by atoms with Gasteiger partial charge in [0, 0.05) is 43.0 Å². The van der Waals surface area contributed by atoms with E-state index in [1.165, 1.54) is 26.0 Å². The number of anilines is 2. The average Bonchev–Trinajstić information content (AvgIpc) is 3.15. The molecule has 1 aromatic heterocycles. The predicted molar refractivity (Wildman–Crippen MR) is 191 cm³/mol. The van der Waals surface area contributed by atoms with Crippen LogP contribution in [0.25, 0.3) is 10.9 Å². The van der Waals surface area contributed by atoms with Gasteiger partial charge in [0.2, 0.25) is 0 Å². The van der Waals surface area contributed by atoms with Gasteiger partial charge in [-0.3, -0.25) is 19.5 Å². The van der Waals surface area contributed by atoms with Crippen molar-refractivity contribution in [2.75, 3.05) is 58.3 Å². The molecule has 2 N–H and O–H groups in total. The Labute approximate surface area is 290 Å². The van der Waals surface area contributed by atoms with Crippen molar-refractivity contribution >= 4 is 34.1 Å². The molecule has 258 valence electrons. The maximum absolute atomic E-state index is 13.6. The van der Waals surface area contributed by atoms with Crippen LogP contribution in [0.1, 0.15) is 37.4 Å². The fourth-order valence-corrected chi connectivity index (χ4v) is 6.03.